The number of fused-ring (bicyclic) bond motifs is 1. The molecule has 6 heteroatoms. The number of pyridine rings is 1. The Morgan fingerprint density at radius 3 is 2.89 bits per heavy atom. The normalized spacial score (nSPS) is 11.8. The van der Waals surface area contributed by atoms with Gasteiger partial charge in [-0.15, -0.1) is 11.6 Å². The summed E-state index contributed by atoms with van der Waals surface area (Å²) in [6.07, 6.45) is 1.71. The number of hydrogen-bond acceptors (Lipinski definition) is 3. The van der Waals surface area contributed by atoms with Gasteiger partial charge < -0.3 is 9.88 Å². The Morgan fingerprint density at radius 2 is 2.26 bits per heavy atom. The van der Waals surface area contributed by atoms with Gasteiger partial charge in [0.15, 0.2) is 5.65 Å². The summed E-state index contributed by atoms with van der Waals surface area (Å²) in [7, 11) is 1.64. The molecule has 0 aliphatic heterocycles. The lowest BCUT2D eigenvalue weighted by molar-refractivity contribution is -0.129. The predicted molar refractivity (Wildman–Crippen MR) is 74.9 cm³/mol. The number of imidazole rings is 1. The first-order valence-corrected chi connectivity index (χ1v) is 6.61. The minimum Gasteiger partial charge on any atom is -0.359 e. The maximum absolute atomic E-state index is 11.9. The maximum Gasteiger partial charge on any atom is 0.227 e. The SMILES string of the molecule is CNC(=O)C(C)(C)Cn1c(CCl)nc2cccnc21. The van der Waals surface area contributed by atoms with Crippen LogP contribution in [0.15, 0.2) is 18.3 Å². The lowest BCUT2D eigenvalue weighted by atomic mass is 9.92. The molecule has 0 atom stereocenters. The van der Waals surface area contributed by atoms with Crippen LogP contribution in [-0.2, 0) is 17.2 Å². The van der Waals surface area contributed by atoms with Crippen LogP contribution in [0.25, 0.3) is 11.2 Å². The van der Waals surface area contributed by atoms with Gasteiger partial charge in [-0.2, -0.15) is 0 Å². The van der Waals surface area contributed by atoms with Crippen LogP contribution in [0.1, 0.15) is 19.7 Å². The molecule has 0 aromatic carbocycles. The number of rotatable bonds is 4. The fourth-order valence-corrected chi connectivity index (χ4v) is 2.28. The van der Waals surface area contributed by atoms with E-state index in [1.807, 2.05) is 30.5 Å². The second kappa shape index (κ2) is 5.17. The maximum atomic E-state index is 11.9. The Balaban J connectivity index is 2.47. The van der Waals surface area contributed by atoms with E-state index in [-0.39, 0.29) is 5.91 Å². The van der Waals surface area contributed by atoms with Gasteiger partial charge >= 0.3 is 0 Å². The molecule has 0 aliphatic carbocycles. The van der Waals surface area contributed by atoms with Gasteiger partial charge in [-0.25, -0.2) is 9.97 Å². The third-order valence-electron chi connectivity index (χ3n) is 3.10. The Bertz CT molecular complexity index is 606. The van der Waals surface area contributed by atoms with Crippen molar-refractivity contribution in [1.82, 2.24) is 19.9 Å². The molecule has 0 saturated carbocycles. The van der Waals surface area contributed by atoms with Gasteiger partial charge in [-0.1, -0.05) is 0 Å². The van der Waals surface area contributed by atoms with E-state index in [0.717, 1.165) is 17.0 Å². The molecule has 0 fully saturated rings. The highest BCUT2D eigenvalue weighted by atomic mass is 35.5. The van der Waals surface area contributed by atoms with E-state index in [2.05, 4.69) is 15.3 Å². The molecular formula is C13H17ClN4O. The predicted octanol–water partition coefficient (Wildman–Crippen LogP) is 1.94. The molecular weight excluding hydrogens is 264 g/mol. The zero-order valence-corrected chi connectivity index (χ0v) is 12.0. The van der Waals surface area contributed by atoms with Crippen molar-refractivity contribution < 1.29 is 4.79 Å². The number of carbonyl (C=O) groups excluding carboxylic acids is 1. The summed E-state index contributed by atoms with van der Waals surface area (Å²) in [4.78, 5) is 20.7. The molecule has 0 spiro atoms. The number of amides is 1. The highest BCUT2D eigenvalue weighted by Gasteiger charge is 2.29. The molecule has 102 valence electrons. The van der Waals surface area contributed by atoms with Gasteiger partial charge in [0.1, 0.15) is 11.3 Å². The summed E-state index contributed by atoms with van der Waals surface area (Å²) in [6.45, 7) is 4.26. The van der Waals surface area contributed by atoms with Crippen molar-refractivity contribution >= 4 is 28.7 Å². The van der Waals surface area contributed by atoms with E-state index < -0.39 is 5.41 Å². The highest BCUT2D eigenvalue weighted by molar-refractivity contribution is 6.16. The number of aromatic nitrogens is 3. The number of nitrogens with zero attached hydrogens (tertiary/aromatic N) is 3. The second-order valence-corrected chi connectivity index (χ2v) is 5.32. The summed E-state index contributed by atoms with van der Waals surface area (Å²) < 4.78 is 1.91. The van der Waals surface area contributed by atoms with Crippen LogP contribution in [-0.4, -0.2) is 27.5 Å². The van der Waals surface area contributed by atoms with Crippen LogP contribution in [0.5, 0.6) is 0 Å². The smallest absolute Gasteiger partial charge is 0.227 e. The fraction of sp³-hybridized carbons (Fsp3) is 0.462. The second-order valence-electron chi connectivity index (χ2n) is 5.06. The van der Waals surface area contributed by atoms with E-state index in [4.69, 9.17) is 11.6 Å². The Labute approximate surface area is 117 Å². The minimum absolute atomic E-state index is 0.0224. The van der Waals surface area contributed by atoms with Crippen molar-refractivity contribution in [2.45, 2.75) is 26.3 Å². The molecule has 0 saturated heterocycles. The van der Waals surface area contributed by atoms with Crippen molar-refractivity contribution in [2.75, 3.05) is 7.05 Å². The fourth-order valence-electron chi connectivity index (χ4n) is 2.08. The molecule has 0 bridgehead atoms. The molecule has 0 radical (unpaired) electrons. The van der Waals surface area contributed by atoms with E-state index in [0.29, 0.717) is 12.4 Å². The summed E-state index contributed by atoms with van der Waals surface area (Å²) in [5.74, 6) is 0.998. The van der Waals surface area contributed by atoms with Crippen LogP contribution < -0.4 is 5.32 Å². The van der Waals surface area contributed by atoms with Crippen LogP contribution in [0.4, 0.5) is 0 Å². The Morgan fingerprint density at radius 1 is 1.53 bits per heavy atom. The van der Waals surface area contributed by atoms with E-state index in [9.17, 15) is 4.79 Å². The third kappa shape index (κ3) is 2.56. The monoisotopic (exact) mass is 280 g/mol. The van der Waals surface area contributed by atoms with Crippen molar-refractivity contribution in [3.8, 4) is 0 Å². The Kier molecular flexibility index (Phi) is 3.75. The average molecular weight is 281 g/mol. The van der Waals surface area contributed by atoms with Gasteiger partial charge in [-0.3, -0.25) is 4.79 Å². The lowest BCUT2D eigenvalue weighted by Gasteiger charge is -2.24. The molecule has 2 aromatic heterocycles. The first-order chi connectivity index (χ1) is 8.99. The lowest BCUT2D eigenvalue weighted by Crippen LogP contribution is -2.38. The van der Waals surface area contributed by atoms with Crippen molar-refractivity contribution in [2.24, 2.45) is 5.41 Å². The average Bonchev–Trinajstić information content (AvgIpc) is 2.75. The van der Waals surface area contributed by atoms with Crippen LogP contribution >= 0.6 is 11.6 Å². The molecule has 2 heterocycles. The molecule has 0 aliphatic rings. The third-order valence-corrected chi connectivity index (χ3v) is 3.34. The zero-order chi connectivity index (χ0) is 14.0. The zero-order valence-electron chi connectivity index (χ0n) is 11.3. The molecule has 2 rings (SSSR count). The molecule has 1 N–H and O–H groups in total. The number of halogens is 1. The van der Waals surface area contributed by atoms with Crippen LogP contribution in [0.3, 0.4) is 0 Å². The summed E-state index contributed by atoms with van der Waals surface area (Å²) in [5.41, 5.74) is 1.00. The summed E-state index contributed by atoms with van der Waals surface area (Å²) in [6, 6.07) is 3.73. The van der Waals surface area contributed by atoms with Gasteiger partial charge in [0, 0.05) is 19.8 Å². The highest BCUT2D eigenvalue weighted by Crippen LogP contribution is 2.23. The molecule has 1 amide bonds. The van der Waals surface area contributed by atoms with E-state index in [1.54, 1.807) is 13.2 Å². The Hall–Kier alpha value is -1.62. The molecule has 5 nitrogen and oxygen atoms in total. The van der Waals surface area contributed by atoms with Gasteiger partial charge in [-0.05, 0) is 26.0 Å². The van der Waals surface area contributed by atoms with Crippen LogP contribution in [0.2, 0.25) is 0 Å². The quantitative estimate of drug-likeness (QED) is 0.871. The minimum atomic E-state index is -0.555. The first kappa shape index (κ1) is 13.8. The van der Waals surface area contributed by atoms with Gasteiger partial charge in [0.2, 0.25) is 5.91 Å². The topological polar surface area (TPSA) is 59.8 Å². The van der Waals surface area contributed by atoms with E-state index in [1.165, 1.54) is 0 Å². The van der Waals surface area contributed by atoms with Crippen molar-refractivity contribution in [3.63, 3.8) is 0 Å². The van der Waals surface area contributed by atoms with Gasteiger partial charge in [0.25, 0.3) is 0 Å². The number of alkyl halides is 1. The number of hydrogen-bond donors (Lipinski definition) is 1. The first-order valence-electron chi connectivity index (χ1n) is 6.08. The van der Waals surface area contributed by atoms with Crippen LogP contribution in [0, 0.1) is 5.41 Å². The van der Waals surface area contributed by atoms with E-state index >= 15 is 0 Å². The van der Waals surface area contributed by atoms with Gasteiger partial charge in [0.05, 0.1) is 11.3 Å². The van der Waals surface area contributed by atoms with Crippen molar-refractivity contribution in [1.29, 1.82) is 0 Å². The molecule has 0 unspecified atom stereocenters. The molecule has 19 heavy (non-hydrogen) atoms. The number of nitrogens with one attached hydrogen (secondary N) is 1. The van der Waals surface area contributed by atoms with Crippen molar-refractivity contribution in [3.05, 3.63) is 24.2 Å². The standard InChI is InChI=1S/C13H17ClN4O/c1-13(2,12(19)15-3)8-18-10(7-14)17-9-5-4-6-16-11(9)18/h4-6H,7-8H2,1-3H3,(H,15,19). The number of carbonyl (C=O) groups is 1. The summed E-state index contributed by atoms with van der Waals surface area (Å²) in [5, 5.41) is 2.68. The largest absolute Gasteiger partial charge is 0.359 e. The molecule has 2 aromatic rings. The summed E-state index contributed by atoms with van der Waals surface area (Å²) >= 11 is 5.93.